The van der Waals surface area contributed by atoms with Gasteiger partial charge in [0.1, 0.15) is 16.9 Å². The second-order valence-electron chi connectivity index (χ2n) is 3.12. The van der Waals surface area contributed by atoms with Crippen molar-refractivity contribution in [1.29, 1.82) is 5.26 Å². The first kappa shape index (κ1) is 11.5. The summed E-state index contributed by atoms with van der Waals surface area (Å²) in [5.74, 6) is 0.104. The fourth-order valence-electron chi connectivity index (χ4n) is 1.46. The van der Waals surface area contributed by atoms with Gasteiger partial charge in [-0.15, -0.1) is 24.0 Å². The third-order valence-electron chi connectivity index (χ3n) is 2.17. The van der Waals surface area contributed by atoms with Gasteiger partial charge in [0.25, 0.3) is 0 Å². The lowest BCUT2D eigenvalue weighted by atomic mass is 10.1. The average molecular weight is 258 g/mol. The summed E-state index contributed by atoms with van der Waals surface area (Å²) in [6.07, 6.45) is 0. The highest BCUT2D eigenvalue weighted by Gasteiger charge is 2.19. The number of thiol groups is 1. The van der Waals surface area contributed by atoms with Crippen molar-refractivity contribution >= 4 is 35.5 Å². The maximum Gasteiger partial charge on any atom is 0.237 e. The summed E-state index contributed by atoms with van der Waals surface area (Å²) in [4.78, 5) is 8.07. The molecule has 82 valence electrons. The van der Waals surface area contributed by atoms with Crippen molar-refractivity contribution in [3.05, 3.63) is 34.5 Å². The molecule has 0 aromatic carbocycles. The number of nitrogen functional groups attached to an aromatic ring is 1. The molecule has 0 saturated heterocycles. The molecule has 0 radical (unpaired) electrons. The van der Waals surface area contributed by atoms with Crippen molar-refractivity contribution in [2.24, 2.45) is 0 Å². The molecule has 0 atom stereocenters. The SMILES string of the molecule is [C-]#[N+]c1c(N)nc(S)c(C#N)c1-c1cccs1. The Bertz CT molecular complexity index is 609. The van der Waals surface area contributed by atoms with Crippen LogP contribution in [0.4, 0.5) is 11.5 Å². The molecule has 2 aromatic heterocycles. The monoisotopic (exact) mass is 258 g/mol. The first-order chi connectivity index (χ1) is 8.19. The number of rotatable bonds is 1. The van der Waals surface area contributed by atoms with Crippen LogP contribution in [0.2, 0.25) is 0 Å². The summed E-state index contributed by atoms with van der Waals surface area (Å²) in [5, 5.41) is 11.3. The summed E-state index contributed by atoms with van der Waals surface area (Å²) >= 11 is 5.56. The minimum atomic E-state index is 0.104. The Morgan fingerprint density at radius 2 is 2.35 bits per heavy atom. The van der Waals surface area contributed by atoms with E-state index in [4.69, 9.17) is 17.6 Å². The first-order valence-corrected chi connectivity index (χ1v) is 5.85. The Morgan fingerprint density at radius 3 is 2.88 bits per heavy atom. The van der Waals surface area contributed by atoms with Crippen molar-refractivity contribution in [2.45, 2.75) is 5.03 Å². The number of nitriles is 1. The van der Waals surface area contributed by atoms with Crippen molar-refractivity contribution in [2.75, 3.05) is 5.73 Å². The van der Waals surface area contributed by atoms with E-state index in [2.05, 4.69) is 22.5 Å². The zero-order valence-corrected chi connectivity index (χ0v) is 10.2. The van der Waals surface area contributed by atoms with E-state index in [9.17, 15) is 0 Å². The standard InChI is InChI=1S/C11H6N4S2/c1-14-9-8(7-3-2-4-17-7)6(5-12)11(16)15-10(9)13/h2-4H,(H3,13,15,16). The summed E-state index contributed by atoms with van der Waals surface area (Å²) < 4.78 is 0. The number of nitrogens with zero attached hydrogens (tertiary/aromatic N) is 3. The molecule has 0 amide bonds. The number of nitrogens with two attached hydrogens (primary N) is 1. The Balaban J connectivity index is 2.89. The van der Waals surface area contributed by atoms with Gasteiger partial charge in [0.2, 0.25) is 5.69 Å². The Hall–Kier alpha value is -2.02. The van der Waals surface area contributed by atoms with E-state index >= 15 is 0 Å². The van der Waals surface area contributed by atoms with Gasteiger partial charge in [-0.2, -0.15) is 5.26 Å². The smallest absolute Gasteiger partial charge is 0.237 e. The molecule has 0 spiro atoms. The normalized spacial score (nSPS) is 9.59. The molecule has 2 N–H and O–H groups in total. The summed E-state index contributed by atoms with van der Waals surface area (Å²) in [6, 6.07) is 5.71. The largest absolute Gasteiger partial charge is 0.392 e. The number of aromatic nitrogens is 1. The minimum absolute atomic E-state index is 0.104. The lowest BCUT2D eigenvalue weighted by molar-refractivity contribution is 1.14. The number of hydrogen-bond donors (Lipinski definition) is 2. The molecule has 0 aliphatic heterocycles. The van der Waals surface area contributed by atoms with Gasteiger partial charge < -0.3 is 5.73 Å². The maximum atomic E-state index is 9.13. The van der Waals surface area contributed by atoms with Crippen molar-refractivity contribution in [3.63, 3.8) is 0 Å². The van der Waals surface area contributed by atoms with Crippen LogP contribution in [0.3, 0.4) is 0 Å². The fraction of sp³-hybridized carbons (Fsp3) is 0. The zero-order valence-electron chi connectivity index (χ0n) is 8.51. The van der Waals surface area contributed by atoms with E-state index in [-0.39, 0.29) is 22.1 Å². The molecule has 17 heavy (non-hydrogen) atoms. The van der Waals surface area contributed by atoms with Crippen LogP contribution in [0.1, 0.15) is 5.56 Å². The predicted octanol–water partition coefficient (Wildman–Crippen LogP) is 3.10. The Morgan fingerprint density at radius 1 is 1.59 bits per heavy atom. The van der Waals surface area contributed by atoms with Gasteiger partial charge in [0.15, 0.2) is 0 Å². The van der Waals surface area contributed by atoms with Crippen LogP contribution in [0, 0.1) is 17.9 Å². The highest BCUT2D eigenvalue weighted by atomic mass is 32.1. The predicted molar refractivity (Wildman–Crippen MR) is 70.2 cm³/mol. The third kappa shape index (κ3) is 1.84. The third-order valence-corrected chi connectivity index (χ3v) is 3.38. The number of thiophene rings is 1. The van der Waals surface area contributed by atoms with Crippen LogP contribution in [0.5, 0.6) is 0 Å². The molecule has 2 heterocycles. The molecule has 4 nitrogen and oxygen atoms in total. The highest BCUT2D eigenvalue weighted by molar-refractivity contribution is 7.80. The van der Waals surface area contributed by atoms with E-state index in [1.54, 1.807) is 0 Å². The lowest BCUT2D eigenvalue weighted by Gasteiger charge is -2.08. The molecule has 0 aliphatic carbocycles. The number of hydrogen-bond acceptors (Lipinski definition) is 5. The second kappa shape index (κ2) is 4.46. The van der Waals surface area contributed by atoms with Crippen molar-refractivity contribution in [3.8, 4) is 16.5 Å². The van der Waals surface area contributed by atoms with Crippen LogP contribution in [-0.4, -0.2) is 4.98 Å². The van der Waals surface area contributed by atoms with Gasteiger partial charge in [-0.1, -0.05) is 6.07 Å². The number of pyridine rings is 1. The molecule has 0 bridgehead atoms. The van der Waals surface area contributed by atoms with Crippen LogP contribution >= 0.6 is 24.0 Å². The summed E-state index contributed by atoms with van der Waals surface area (Å²) in [6.45, 7) is 7.15. The fourth-order valence-corrected chi connectivity index (χ4v) is 2.51. The van der Waals surface area contributed by atoms with Crippen LogP contribution in [-0.2, 0) is 0 Å². The maximum absolute atomic E-state index is 9.13. The number of anilines is 1. The average Bonchev–Trinajstić information content (AvgIpc) is 2.81. The molecular formula is C11H6N4S2. The molecule has 6 heteroatoms. The van der Waals surface area contributed by atoms with E-state index in [0.717, 1.165) is 4.88 Å². The lowest BCUT2D eigenvalue weighted by Crippen LogP contribution is -1.96. The van der Waals surface area contributed by atoms with Crippen LogP contribution < -0.4 is 5.73 Å². The molecule has 0 fully saturated rings. The molecule has 0 unspecified atom stereocenters. The van der Waals surface area contributed by atoms with Gasteiger partial charge in [-0.05, 0) is 11.4 Å². The molecule has 2 rings (SSSR count). The summed E-state index contributed by atoms with van der Waals surface area (Å²) in [5.41, 5.74) is 6.70. The quantitative estimate of drug-likeness (QED) is 0.610. The van der Waals surface area contributed by atoms with Gasteiger partial charge in [-0.3, -0.25) is 0 Å². The Kier molecular flexibility index (Phi) is 3.01. The van der Waals surface area contributed by atoms with Crippen molar-refractivity contribution < 1.29 is 0 Å². The first-order valence-electron chi connectivity index (χ1n) is 4.53. The topological polar surface area (TPSA) is 67.1 Å². The van der Waals surface area contributed by atoms with E-state index in [1.165, 1.54) is 11.3 Å². The highest BCUT2D eigenvalue weighted by Crippen LogP contribution is 2.41. The van der Waals surface area contributed by atoms with Crippen LogP contribution in [0.25, 0.3) is 15.3 Å². The van der Waals surface area contributed by atoms with Crippen LogP contribution in [0.15, 0.2) is 22.5 Å². The van der Waals surface area contributed by atoms with E-state index in [1.807, 2.05) is 23.6 Å². The van der Waals surface area contributed by atoms with Gasteiger partial charge in [0, 0.05) is 10.4 Å². The minimum Gasteiger partial charge on any atom is -0.392 e. The van der Waals surface area contributed by atoms with Gasteiger partial charge in [0.05, 0.1) is 12.1 Å². The molecular weight excluding hydrogens is 252 g/mol. The van der Waals surface area contributed by atoms with Gasteiger partial charge in [-0.25, -0.2) is 9.83 Å². The summed E-state index contributed by atoms with van der Waals surface area (Å²) in [7, 11) is 0. The van der Waals surface area contributed by atoms with Crippen molar-refractivity contribution in [1.82, 2.24) is 4.98 Å². The van der Waals surface area contributed by atoms with E-state index in [0.29, 0.717) is 5.56 Å². The van der Waals surface area contributed by atoms with Gasteiger partial charge >= 0.3 is 0 Å². The molecule has 2 aromatic rings. The zero-order chi connectivity index (χ0) is 12.4. The second-order valence-corrected chi connectivity index (χ2v) is 4.49. The Labute approximate surface area is 108 Å². The van der Waals surface area contributed by atoms with E-state index < -0.39 is 0 Å². The molecule has 0 saturated carbocycles. The molecule has 0 aliphatic rings.